The first-order valence-corrected chi connectivity index (χ1v) is 6.21. The lowest BCUT2D eigenvalue weighted by Crippen LogP contribution is -1.85. The van der Waals surface area contributed by atoms with Crippen LogP contribution < -0.4 is 0 Å². The predicted molar refractivity (Wildman–Crippen MR) is 72.7 cm³/mol. The van der Waals surface area contributed by atoms with Gasteiger partial charge in [-0.2, -0.15) is 0 Å². The molecule has 1 aliphatic carbocycles. The van der Waals surface area contributed by atoms with Crippen LogP contribution in [-0.4, -0.2) is 0 Å². The summed E-state index contributed by atoms with van der Waals surface area (Å²) >= 11 is 0. The zero-order valence-electron chi connectivity index (χ0n) is 9.84. The van der Waals surface area contributed by atoms with Crippen LogP contribution in [0, 0.1) is 5.92 Å². The quantitative estimate of drug-likeness (QED) is 0.722. The Bertz CT molecular complexity index is 508. The molecule has 17 heavy (non-hydrogen) atoms. The van der Waals surface area contributed by atoms with Crippen molar-refractivity contribution in [2.45, 2.75) is 12.8 Å². The Morgan fingerprint density at radius 2 is 1.53 bits per heavy atom. The molecule has 0 nitrogen and oxygen atoms in total. The number of hydrogen-bond acceptors (Lipinski definition) is 0. The van der Waals surface area contributed by atoms with Gasteiger partial charge in [-0.05, 0) is 29.9 Å². The average Bonchev–Trinajstić information content (AvgIpc) is 3.10. The highest BCUT2D eigenvalue weighted by Crippen LogP contribution is 2.41. The van der Waals surface area contributed by atoms with Crippen LogP contribution in [-0.2, 0) is 6.42 Å². The molecular weight excluding hydrogens is 204 g/mol. The summed E-state index contributed by atoms with van der Waals surface area (Å²) in [5.74, 6) is 0.776. The lowest BCUT2D eigenvalue weighted by molar-refractivity contribution is 0.862. The van der Waals surface area contributed by atoms with Crippen LogP contribution in [0.1, 0.15) is 17.5 Å². The molecule has 84 valence electrons. The highest BCUT2D eigenvalue weighted by atomic mass is 14.3. The van der Waals surface area contributed by atoms with Crippen molar-refractivity contribution >= 4 is 6.08 Å². The summed E-state index contributed by atoms with van der Waals surface area (Å²) in [6.07, 6.45) is 4.80. The Labute approximate surface area is 103 Å². The molecule has 2 aromatic carbocycles. The molecule has 0 spiro atoms. The van der Waals surface area contributed by atoms with Crippen LogP contribution in [0.15, 0.2) is 66.2 Å². The second-order valence-corrected chi connectivity index (χ2v) is 4.72. The first-order valence-electron chi connectivity index (χ1n) is 6.21. The van der Waals surface area contributed by atoms with Gasteiger partial charge in [-0.3, -0.25) is 0 Å². The normalized spacial score (nSPS) is 20.5. The average molecular weight is 220 g/mol. The van der Waals surface area contributed by atoms with E-state index in [2.05, 4.69) is 66.7 Å². The second kappa shape index (κ2) is 4.58. The molecule has 0 heteroatoms. The van der Waals surface area contributed by atoms with E-state index in [4.69, 9.17) is 0 Å². The Morgan fingerprint density at radius 1 is 0.882 bits per heavy atom. The molecule has 0 bridgehead atoms. The fourth-order valence-electron chi connectivity index (χ4n) is 2.27. The fraction of sp³-hybridized carbons (Fsp3) is 0.176. The standard InChI is InChI=1S/C17H16/c1-3-7-14(8-4-1)11-16-13-17(16)12-15-9-5-2-6-10-15/h1-11,17H,12-13H2/b16-11-. The van der Waals surface area contributed by atoms with E-state index in [-0.39, 0.29) is 0 Å². The highest BCUT2D eigenvalue weighted by molar-refractivity contribution is 5.57. The van der Waals surface area contributed by atoms with Gasteiger partial charge in [0.05, 0.1) is 0 Å². The van der Waals surface area contributed by atoms with Crippen LogP contribution in [0.2, 0.25) is 0 Å². The van der Waals surface area contributed by atoms with Crippen LogP contribution in [0.3, 0.4) is 0 Å². The van der Waals surface area contributed by atoms with Crippen LogP contribution in [0.4, 0.5) is 0 Å². The van der Waals surface area contributed by atoms with Crippen molar-refractivity contribution in [2.24, 2.45) is 5.92 Å². The third-order valence-electron chi connectivity index (χ3n) is 3.32. The summed E-state index contributed by atoms with van der Waals surface area (Å²) in [4.78, 5) is 0. The molecule has 2 aromatic rings. The van der Waals surface area contributed by atoms with Crippen LogP contribution in [0.25, 0.3) is 6.08 Å². The van der Waals surface area contributed by atoms with Gasteiger partial charge in [0.25, 0.3) is 0 Å². The van der Waals surface area contributed by atoms with E-state index in [1.165, 1.54) is 24.0 Å². The summed E-state index contributed by atoms with van der Waals surface area (Å²) in [5, 5.41) is 0. The first-order chi connectivity index (χ1) is 8.42. The van der Waals surface area contributed by atoms with E-state index >= 15 is 0 Å². The van der Waals surface area contributed by atoms with Crippen molar-refractivity contribution in [3.8, 4) is 0 Å². The zero-order valence-corrected chi connectivity index (χ0v) is 9.84. The largest absolute Gasteiger partial charge is 0.0653 e. The van der Waals surface area contributed by atoms with Crippen molar-refractivity contribution in [1.29, 1.82) is 0 Å². The molecule has 0 N–H and O–H groups in total. The minimum Gasteiger partial charge on any atom is -0.0653 e. The molecule has 0 amide bonds. The number of allylic oxidation sites excluding steroid dienone is 1. The van der Waals surface area contributed by atoms with E-state index in [9.17, 15) is 0 Å². The Balaban J connectivity index is 1.66. The molecule has 0 radical (unpaired) electrons. The van der Waals surface area contributed by atoms with Crippen molar-refractivity contribution in [2.75, 3.05) is 0 Å². The van der Waals surface area contributed by atoms with Gasteiger partial charge in [0.15, 0.2) is 0 Å². The van der Waals surface area contributed by atoms with Crippen LogP contribution >= 0.6 is 0 Å². The van der Waals surface area contributed by atoms with E-state index in [0.29, 0.717) is 0 Å². The maximum Gasteiger partial charge on any atom is -0.0122 e. The van der Waals surface area contributed by atoms with Crippen molar-refractivity contribution in [3.05, 3.63) is 77.4 Å². The predicted octanol–water partition coefficient (Wildman–Crippen LogP) is 4.33. The summed E-state index contributed by atoms with van der Waals surface area (Å²) in [6, 6.07) is 21.4. The maximum atomic E-state index is 2.34. The van der Waals surface area contributed by atoms with Gasteiger partial charge in [-0.15, -0.1) is 0 Å². The van der Waals surface area contributed by atoms with Crippen molar-refractivity contribution in [1.82, 2.24) is 0 Å². The molecule has 3 rings (SSSR count). The molecule has 1 atom stereocenters. The fourth-order valence-corrected chi connectivity index (χ4v) is 2.27. The molecule has 1 fully saturated rings. The molecular formula is C17H16. The van der Waals surface area contributed by atoms with Gasteiger partial charge >= 0.3 is 0 Å². The lowest BCUT2D eigenvalue weighted by atomic mass is 10.1. The van der Waals surface area contributed by atoms with E-state index < -0.39 is 0 Å². The van der Waals surface area contributed by atoms with Crippen molar-refractivity contribution < 1.29 is 0 Å². The highest BCUT2D eigenvalue weighted by Gasteiger charge is 2.28. The van der Waals surface area contributed by atoms with Gasteiger partial charge in [-0.1, -0.05) is 72.3 Å². The molecule has 0 aromatic heterocycles. The second-order valence-electron chi connectivity index (χ2n) is 4.72. The molecule has 0 heterocycles. The third kappa shape index (κ3) is 2.65. The Hall–Kier alpha value is -1.82. The Kier molecular flexibility index (Phi) is 2.79. The zero-order chi connectivity index (χ0) is 11.5. The SMILES string of the molecule is C(=C1\CC1Cc1ccccc1)/c1ccccc1. The maximum absolute atomic E-state index is 2.34. The smallest absolute Gasteiger partial charge is 0.0122 e. The monoisotopic (exact) mass is 220 g/mol. The van der Waals surface area contributed by atoms with Crippen LogP contribution in [0.5, 0.6) is 0 Å². The number of benzene rings is 2. The first kappa shape index (κ1) is 10.3. The van der Waals surface area contributed by atoms with Gasteiger partial charge in [-0.25, -0.2) is 0 Å². The molecule has 1 aliphatic rings. The van der Waals surface area contributed by atoms with E-state index in [1.54, 1.807) is 5.57 Å². The molecule has 1 unspecified atom stereocenters. The van der Waals surface area contributed by atoms with Gasteiger partial charge in [0.2, 0.25) is 0 Å². The van der Waals surface area contributed by atoms with Gasteiger partial charge in [0, 0.05) is 0 Å². The minimum atomic E-state index is 0.776. The summed E-state index contributed by atoms with van der Waals surface area (Å²) in [5.41, 5.74) is 4.38. The molecule has 0 aliphatic heterocycles. The Morgan fingerprint density at radius 3 is 2.24 bits per heavy atom. The van der Waals surface area contributed by atoms with Crippen molar-refractivity contribution in [3.63, 3.8) is 0 Å². The molecule has 0 saturated heterocycles. The van der Waals surface area contributed by atoms with E-state index in [1.807, 2.05) is 0 Å². The topological polar surface area (TPSA) is 0 Å². The summed E-state index contributed by atoms with van der Waals surface area (Å²) < 4.78 is 0. The molecule has 1 saturated carbocycles. The third-order valence-corrected chi connectivity index (χ3v) is 3.32. The van der Waals surface area contributed by atoms with E-state index in [0.717, 1.165) is 5.92 Å². The lowest BCUT2D eigenvalue weighted by Gasteiger charge is -1.96. The number of hydrogen-bond donors (Lipinski definition) is 0. The summed E-state index contributed by atoms with van der Waals surface area (Å²) in [6.45, 7) is 0. The van der Waals surface area contributed by atoms with Gasteiger partial charge in [0.1, 0.15) is 0 Å². The minimum absolute atomic E-state index is 0.776. The van der Waals surface area contributed by atoms with Gasteiger partial charge < -0.3 is 0 Å². The number of rotatable bonds is 3. The summed E-state index contributed by atoms with van der Waals surface area (Å²) in [7, 11) is 0.